The van der Waals surface area contributed by atoms with E-state index in [9.17, 15) is 13.0 Å². The molecular weight excluding hydrogens is 290 g/mol. The van der Waals surface area contributed by atoms with Crippen LogP contribution in [0.5, 0.6) is 0 Å². The average Bonchev–Trinajstić information content (AvgIpc) is 2.43. The van der Waals surface area contributed by atoms with E-state index in [1.165, 1.54) is 6.07 Å². The molecule has 6 nitrogen and oxygen atoms in total. The van der Waals surface area contributed by atoms with Gasteiger partial charge in [-0.25, -0.2) is 0 Å². The molecule has 0 saturated heterocycles. The van der Waals surface area contributed by atoms with E-state index in [1.54, 1.807) is 38.1 Å². The summed E-state index contributed by atoms with van der Waals surface area (Å²) in [5, 5.41) is 7.86. The van der Waals surface area contributed by atoms with Gasteiger partial charge in [-0.2, -0.15) is 13.5 Å². The first kappa shape index (κ1) is 15.1. The van der Waals surface area contributed by atoms with Crippen LogP contribution >= 0.6 is 0 Å². The Morgan fingerprint density at radius 2 is 1.71 bits per heavy atom. The van der Waals surface area contributed by atoms with Gasteiger partial charge in [-0.15, -0.1) is 5.11 Å². The molecule has 0 radical (unpaired) electrons. The summed E-state index contributed by atoms with van der Waals surface area (Å²) in [4.78, 5) is -0.345. The van der Waals surface area contributed by atoms with Crippen molar-refractivity contribution in [3.8, 4) is 0 Å². The van der Waals surface area contributed by atoms with Gasteiger partial charge in [0, 0.05) is 0 Å². The summed E-state index contributed by atoms with van der Waals surface area (Å²) in [7, 11) is -4.43. The third-order valence-corrected chi connectivity index (χ3v) is 4.00. The lowest BCUT2D eigenvalue weighted by atomic mass is 10.1. The molecule has 3 N–H and O–H groups in total. The van der Waals surface area contributed by atoms with Crippen molar-refractivity contribution in [2.75, 3.05) is 5.73 Å². The number of azo groups is 1. The van der Waals surface area contributed by atoms with Crippen LogP contribution in [0.1, 0.15) is 11.1 Å². The van der Waals surface area contributed by atoms with Gasteiger partial charge >= 0.3 is 0 Å². The number of aryl methyl sites for hydroxylation is 1. The number of hydrogen-bond acceptors (Lipinski definition) is 5. The molecule has 0 saturated carbocycles. The summed E-state index contributed by atoms with van der Waals surface area (Å²) < 4.78 is 32.3. The Morgan fingerprint density at radius 3 is 2.29 bits per heavy atom. The molecule has 0 spiro atoms. The molecule has 21 heavy (non-hydrogen) atoms. The number of anilines is 1. The minimum atomic E-state index is -4.43. The highest BCUT2D eigenvalue weighted by atomic mass is 32.2. The Kier molecular flexibility index (Phi) is 4.06. The van der Waals surface area contributed by atoms with E-state index >= 15 is 0 Å². The highest BCUT2D eigenvalue weighted by Crippen LogP contribution is 2.36. The van der Waals surface area contributed by atoms with E-state index in [0.29, 0.717) is 16.8 Å². The van der Waals surface area contributed by atoms with Gasteiger partial charge in [-0.05, 0) is 43.2 Å². The van der Waals surface area contributed by atoms with Crippen molar-refractivity contribution in [2.24, 2.45) is 10.2 Å². The van der Waals surface area contributed by atoms with Crippen LogP contribution in [-0.4, -0.2) is 13.0 Å². The molecule has 0 amide bonds. The Bertz CT molecular complexity index is 800. The van der Waals surface area contributed by atoms with Crippen LogP contribution in [0.4, 0.5) is 17.1 Å². The van der Waals surface area contributed by atoms with Crippen LogP contribution in [0.3, 0.4) is 0 Å². The second-order valence-corrected chi connectivity index (χ2v) is 5.98. The zero-order valence-corrected chi connectivity index (χ0v) is 12.4. The Labute approximate surface area is 123 Å². The molecule has 0 aliphatic rings. The minimum absolute atomic E-state index is 0.0514. The lowest BCUT2D eigenvalue weighted by Gasteiger charge is -2.11. The zero-order valence-electron chi connectivity index (χ0n) is 11.6. The maximum Gasteiger partial charge on any atom is 0.296 e. The number of benzene rings is 2. The van der Waals surface area contributed by atoms with E-state index in [0.717, 1.165) is 0 Å². The van der Waals surface area contributed by atoms with Crippen molar-refractivity contribution >= 4 is 27.2 Å². The van der Waals surface area contributed by atoms with Gasteiger partial charge < -0.3 is 5.73 Å². The molecule has 7 heteroatoms. The van der Waals surface area contributed by atoms with Gasteiger partial charge in [-0.3, -0.25) is 4.55 Å². The van der Waals surface area contributed by atoms with Gasteiger partial charge in [-0.1, -0.05) is 18.2 Å². The van der Waals surface area contributed by atoms with Crippen molar-refractivity contribution in [3.05, 3.63) is 47.5 Å². The summed E-state index contributed by atoms with van der Waals surface area (Å²) in [6, 6.07) is 10.2. The molecule has 110 valence electrons. The van der Waals surface area contributed by atoms with Crippen molar-refractivity contribution in [3.63, 3.8) is 0 Å². The topological polar surface area (TPSA) is 105 Å². The highest BCUT2D eigenvalue weighted by molar-refractivity contribution is 7.86. The lowest BCUT2D eigenvalue weighted by molar-refractivity contribution is 0.483. The zero-order chi connectivity index (χ0) is 15.6. The standard InChI is InChI=1S/C14H15N3O3S/c1-9-8-12(21(18,19)20)14(13(15)10(9)2)17-16-11-6-4-3-5-7-11/h3-8H,15H2,1-2H3,(H,18,19,20). The van der Waals surface area contributed by atoms with Crippen LogP contribution in [0.15, 0.2) is 51.5 Å². The molecule has 0 unspecified atom stereocenters. The largest absolute Gasteiger partial charge is 0.397 e. The number of nitrogens with zero attached hydrogens (tertiary/aromatic N) is 2. The van der Waals surface area contributed by atoms with Crippen LogP contribution in [0, 0.1) is 13.8 Å². The SMILES string of the molecule is Cc1cc(S(=O)(=O)O)c(N=Nc2ccccc2)c(N)c1C. The quantitative estimate of drug-likeness (QED) is 0.514. The van der Waals surface area contributed by atoms with Crippen molar-refractivity contribution < 1.29 is 13.0 Å². The first-order chi connectivity index (χ1) is 9.80. The van der Waals surface area contributed by atoms with Gasteiger partial charge in [0.25, 0.3) is 10.1 Å². The summed E-state index contributed by atoms with van der Waals surface area (Å²) >= 11 is 0. The molecule has 0 aliphatic heterocycles. The fourth-order valence-electron chi connectivity index (χ4n) is 1.80. The monoisotopic (exact) mass is 305 g/mol. The van der Waals surface area contributed by atoms with E-state index in [1.807, 2.05) is 6.07 Å². The molecule has 2 aromatic carbocycles. The van der Waals surface area contributed by atoms with Crippen molar-refractivity contribution in [2.45, 2.75) is 18.7 Å². The molecule has 0 aliphatic carbocycles. The maximum absolute atomic E-state index is 11.5. The third kappa shape index (κ3) is 3.26. The summed E-state index contributed by atoms with van der Waals surface area (Å²) in [5.74, 6) is 0. The van der Waals surface area contributed by atoms with Crippen LogP contribution < -0.4 is 5.73 Å². The average molecular weight is 305 g/mol. The number of nitrogens with two attached hydrogens (primary N) is 1. The number of nitrogen functional groups attached to an aromatic ring is 1. The van der Waals surface area contributed by atoms with E-state index in [-0.39, 0.29) is 16.3 Å². The fourth-order valence-corrected chi connectivity index (χ4v) is 2.52. The van der Waals surface area contributed by atoms with Gasteiger partial charge in [0.05, 0.1) is 11.4 Å². The summed E-state index contributed by atoms with van der Waals surface area (Å²) in [6.07, 6.45) is 0. The van der Waals surface area contributed by atoms with Crippen LogP contribution in [0.2, 0.25) is 0 Å². The maximum atomic E-state index is 11.5. The van der Waals surface area contributed by atoms with Crippen molar-refractivity contribution in [1.82, 2.24) is 0 Å². The smallest absolute Gasteiger partial charge is 0.296 e. The number of rotatable bonds is 3. The second-order valence-electron chi connectivity index (χ2n) is 4.59. The number of hydrogen-bond donors (Lipinski definition) is 2. The lowest BCUT2D eigenvalue weighted by Crippen LogP contribution is -2.03. The molecule has 0 atom stereocenters. The molecule has 0 bridgehead atoms. The molecule has 0 aromatic heterocycles. The Morgan fingerprint density at radius 1 is 1.10 bits per heavy atom. The molecule has 0 fully saturated rings. The summed E-state index contributed by atoms with van der Waals surface area (Å²) in [6.45, 7) is 3.46. The van der Waals surface area contributed by atoms with Gasteiger partial charge in [0.1, 0.15) is 10.6 Å². The third-order valence-electron chi connectivity index (χ3n) is 3.13. The normalized spacial score (nSPS) is 12.0. The molecule has 2 rings (SSSR count). The molecule has 0 heterocycles. The summed E-state index contributed by atoms with van der Waals surface area (Å²) in [5.41, 5.74) is 7.95. The molecule has 2 aromatic rings. The van der Waals surface area contributed by atoms with Crippen molar-refractivity contribution in [1.29, 1.82) is 0 Å². The van der Waals surface area contributed by atoms with Gasteiger partial charge in [0.15, 0.2) is 0 Å². The van der Waals surface area contributed by atoms with E-state index < -0.39 is 10.1 Å². The first-order valence-electron chi connectivity index (χ1n) is 6.14. The fraction of sp³-hybridized carbons (Fsp3) is 0.143. The minimum Gasteiger partial charge on any atom is -0.397 e. The first-order valence-corrected chi connectivity index (χ1v) is 7.58. The predicted molar refractivity (Wildman–Crippen MR) is 80.8 cm³/mol. The predicted octanol–water partition coefficient (Wildman–Crippen LogP) is 3.55. The van der Waals surface area contributed by atoms with Crippen LogP contribution in [-0.2, 0) is 10.1 Å². The molecular formula is C14H15N3O3S. The van der Waals surface area contributed by atoms with E-state index in [4.69, 9.17) is 5.73 Å². The Hall–Kier alpha value is -2.25. The van der Waals surface area contributed by atoms with Crippen LogP contribution in [0.25, 0.3) is 0 Å². The second kappa shape index (κ2) is 5.63. The van der Waals surface area contributed by atoms with E-state index in [2.05, 4.69) is 10.2 Å². The Balaban J connectivity index is 2.62. The van der Waals surface area contributed by atoms with Gasteiger partial charge in [0.2, 0.25) is 0 Å². The highest BCUT2D eigenvalue weighted by Gasteiger charge is 2.20.